The van der Waals surface area contributed by atoms with Gasteiger partial charge in [-0.3, -0.25) is 4.79 Å². The van der Waals surface area contributed by atoms with Crippen molar-refractivity contribution in [3.8, 4) is 23.0 Å². The number of aromatic nitrogens is 2. The second kappa shape index (κ2) is 10.3. The Hall–Kier alpha value is -4.95. The maximum atomic E-state index is 13.1. The summed E-state index contributed by atoms with van der Waals surface area (Å²) in [6, 6.07) is 33.7. The van der Waals surface area contributed by atoms with Crippen LogP contribution in [0.5, 0.6) is 0 Å². The number of nitrogens with zero attached hydrogens (tertiary/aromatic N) is 3. The highest BCUT2D eigenvalue weighted by Crippen LogP contribution is 2.32. The van der Waals surface area contributed by atoms with Crippen molar-refractivity contribution in [2.24, 2.45) is 0 Å². The van der Waals surface area contributed by atoms with E-state index in [-0.39, 0.29) is 5.57 Å². The van der Waals surface area contributed by atoms with Crippen LogP contribution in [0.3, 0.4) is 0 Å². The van der Waals surface area contributed by atoms with Crippen molar-refractivity contribution < 1.29 is 4.79 Å². The number of amides is 1. The minimum absolute atomic E-state index is 0.00188. The number of rotatable bonds is 6. The van der Waals surface area contributed by atoms with E-state index < -0.39 is 5.91 Å². The quantitative estimate of drug-likeness (QED) is 0.203. The molecule has 0 spiro atoms. The standard InChI is InChI=1S/C32H26N4O/c1-22(2)23-15-17-27(18-16-23)34-32(37)25(20-33)19-26-21-36(28-11-4-3-5-12-28)35-31(26)30-14-8-10-24-9-6-7-13-29(24)30/h3-19,21-22H,1-2H3,(H,34,37). The van der Waals surface area contributed by atoms with Gasteiger partial charge in [0.2, 0.25) is 0 Å². The van der Waals surface area contributed by atoms with E-state index in [0.29, 0.717) is 22.9 Å². The Morgan fingerprint density at radius 3 is 2.35 bits per heavy atom. The number of anilines is 1. The number of carbonyl (C=O) groups excluding carboxylic acids is 1. The lowest BCUT2D eigenvalue weighted by Crippen LogP contribution is -2.13. The van der Waals surface area contributed by atoms with Crippen LogP contribution in [0.25, 0.3) is 33.8 Å². The van der Waals surface area contributed by atoms with Crippen LogP contribution in [0, 0.1) is 11.3 Å². The summed E-state index contributed by atoms with van der Waals surface area (Å²) in [5.41, 5.74) is 5.02. The van der Waals surface area contributed by atoms with Gasteiger partial charge in [-0.15, -0.1) is 0 Å². The number of nitrogens with one attached hydrogen (secondary N) is 1. The Morgan fingerprint density at radius 1 is 0.919 bits per heavy atom. The third-order valence-corrected chi connectivity index (χ3v) is 6.31. The van der Waals surface area contributed by atoms with E-state index in [4.69, 9.17) is 5.10 Å². The zero-order valence-electron chi connectivity index (χ0n) is 20.7. The summed E-state index contributed by atoms with van der Waals surface area (Å²) in [4.78, 5) is 13.1. The SMILES string of the molecule is CC(C)c1ccc(NC(=O)C(C#N)=Cc2cn(-c3ccccc3)nc2-c2cccc3ccccc23)cc1. The van der Waals surface area contributed by atoms with Crippen LogP contribution in [0.1, 0.15) is 30.9 Å². The van der Waals surface area contributed by atoms with Gasteiger partial charge in [-0.05, 0) is 52.6 Å². The summed E-state index contributed by atoms with van der Waals surface area (Å²) in [7, 11) is 0. The van der Waals surface area contributed by atoms with Gasteiger partial charge >= 0.3 is 0 Å². The lowest BCUT2D eigenvalue weighted by atomic mass is 9.99. The number of hydrogen-bond donors (Lipinski definition) is 1. The van der Waals surface area contributed by atoms with Gasteiger partial charge in [0.1, 0.15) is 17.3 Å². The molecule has 1 N–H and O–H groups in total. The summed E-state index contributed by atoms with van der Waals surface area (Å²) < 4.78 is 1.78. The molecule has 0 saturated heterocycles. The van der Waals surface area contributed by atoms with Crippen molar-refractivity contribution in [3.63, 3.8) is 0 Å². The molecule has 0 fully saturated rings. The Balaban J connectivity index is 1.57. The maximum absolute atomic E-state index is 13.1. The van der Waals surface area contributed by atoms with Crippen molar-refractivity contribution in [2.45, 2.75) is 19.8 Å². The van der Waals surface area contributed by atoms with Crippen molar-refractivity contribution >= 4 is 28.4 Å². The molecule has 0 saturated carbocycles. The number of fused-ring (bicyclic) bond motifs is 1. The smallest absolute Gasteiger partial charge is 0.266 e. The van der Waals surface area contributed by atoms with Crippen LogP contribution in [0.2, 0.25) is 0 Å². The molecule has 0 aliphatic heterocycles. The molecule has 5 aromatic rings. The lowest BCUT2D eigenvalue weighted by Gasteiger charge is -2.08. The average Bonchev–Trinajstić information content (AvgIpc) is 3.35. The van der Waals surface area contributed by atoms with Crippen molar-refractivity contribution in [3.05, 3.63) is 120 Å². The first-order valence-corrected chi connectivity index (χ1v) is 12.2. The highest BCUT2D eigenvalue weighted by molar-refractivity contribution is 6.10. The van der Waals surface area contributed by atoms with Gasteiger partial charge in [-0.2, -0.15) is 10.4 Å². The second-order valence-corrected chi connectivity index (χ2v) is 9.14. The largest absolute Gasteiger partial charge is 0.321 e. The van der Waals surface area contributed by atoms with Gasteiger partial charge in [0, 0.05) is 23.0 Å². The van der Waals surface area contributed by atoms with Crippen molar-refractivity contribution in [1.29, 1.82) is 5.26 Å². The molecule has 180 valence electrons. The molecule has 1 heterocycles. The molecule has 0 bridgehead atoms. The minimum atomic E-state index is -0.462. The molecule has 5 heteroatoms. The highest BCUT2D eigenvalue weighted by Gasteiger charge is 2.17. The number of hydrogen-bond acceptors (Lipinski definition) is 3. The van der Waals surface area contributed by atoms with Crippen LogP contribution in [0.4, 0.5) is 5.69 Å². The number of benzene rings is 4. The third kappa shape index (κ3) is 5.05. The summed E-state index contributed by atoms with van der Waals surface area (Å²) in [5, 5.41) is 19.8. The number of carbonyl (C=O) groups is 1. The molecule has 0 aliphatic carbocycles. The first-order valence-electron chi connectivity index (χ1n) is 12.2. The van der Waals surface area contributed by atoms with Gasteiger partial charge in [0.25, 0.3) is 5.91 Å². The fourth-order valence-electron chi connectivity index (χ4n) is 4.30. The van der Waals surface area contributed by atoms with Crippen LogP contribution in [-0.2, 0) is 4.79 Å². The maximum Gasteiger partial charge on any atom is 0.266 e. The summed E-state index contributed by atoms with van der Waals surface area (Å²) in [6.45, 7) is 4.24. The van der Waals surface area contributed by atoms with Crippen LogP contribution >= 0.6 is 0 Å². The molecule has 4 aromatic carbocycles. The van der Waals surface area contributed by atoms with Gasteiger partial charge in [0.05, 0.1) is 5.69 Å². The third-order valence-electron chi connectivity index (χ3n) is 6.31. The van der Waals surface area contributed by atoms with Gasteiger partial charge in [0.15, 0.2) is 0 Å². The predicted octanol–water partition coefficient (Wildman–Crippen LogP) is 7.36. The Kier molecular flexibility index (Phi) is 6.65. The zero-order valence-corrected chi connectivity index (χ0v) is 20.7. The molecule has 1 amide bonds. The minimum Gasteiger partial charge on any atom is -0.321 e. The summed E-state index contributed by atoms with van der Waals surface area (Å²) >= 11 is 0. The number of nitriles is 1. The van der Waals surface area contributed by atoms with Gasteiger partial charge in [-0.25, -0.2) is 4.68 Å². The Bertz CT molecular complexity index is 1630. The van der Waals surface area contributed by atoms with E-state index in [9.17, 15) is 10.1 Å². The van der Waals surface area contributed by atoms with Crippen molar-refractivity contribution in [1.82, 2.24) is 9.78 Å². The highest BCUT2D eigenvalue weighted by atomic mass is 16.1. The first-order chi connectivity index (χ1) is 18.0. The molecule has 5 rings (SSSR count). The van der Waals surface area contributed by atoms with E-state index in [1.807, 2.05) is 85.1 Å². The van der Waals surface area contributed by atoms with Crippen molar-refractivity contribution in [2.75, 3.05) is 5.32 Å². The van der Waals surface area contributed by atoms with E-state index >= 15 is 0 Å². The van der Waals surface area contributed by atoms with E-state index in [1.54, 1.807) is 10.8 Å². The summed E-state index contributed by atoms with van der Waals surface area (Å²) in [6.07, 6.45) is 3.47. The molecule has 37 heavy (non-hydrogen) atoms. The van der Waals surface area contributed by atoms with Gasteiger partial charge < -0.3 is 5.32 Å². The van der Waals surface area contributed by atoms with E-state index in [1.165, 1.54) is 5.56 Å². The number of para-hydroxylation sites is 1. The fourth-order valence-corrected chi connectivity index (χ4v) is 4.30. The van der Waals surface area contributed by atoms with E-state index in [0.717, 1.165) is 22.0 Å². The first kappa shape index (κ1) is 23.8. The monoisotopic (exact) mass is 482 g/mol. The topological polar surface area (TPSA) is 70.7 Å². The molecular formula is C32H26N4O. The average molecular weight is 483 g/mol. The Morgan fingerprint density at radius 2 is 1.62 bits per heavy atom. The molecule has 0 atom stereocenters. The molecule has 0 radical (unpaired) electrons. The van der Waals surface area contributed by atoms with Crippen LogP contribution in [-0.4, -0.2) is 15.7 Å². The van der Waals surface area contributed by atoms with E-state index in [2.05, 4.69) is 43.4 Å². The molecule has 5 nitrogen and oxygen atoms in total. The predicted molar refractivity (Wildman–Crippen MR) is 149 cm³/mol. The summed E-state index contributed by atoms with van der Waals surface area (Å²) in [5.74, 6) is -0.0657. The zero-order chi connectivity index (χ0) is 25.8. The van der Waals surface area contributed by atoms with Gasteiger partial charge in [-0.1, -0.05) is 86.6 Å². The van der Waals surface area contributed by atoms with Crippen LogP contribution in [0.15, 0.2) is 109 Å². The molecule has 0 unspecified atom stereocenters. The molecule has 1 aromatic heterocycles. The molecular weight excluding hydrogens is 456 g/mol. The van der Waals surface area contributed by atoms with Crippen LogP contribution < -0.4 is 5.32 Å². The lowest BCUT2D eigenvalue weighted by molar-refractivity contribution is -0.112. The fraction of sp³-hybridized carbons (Fsp3) is 0.0938. The molecule has 0 aliphatic rings. The Labute approximate surface area is 216 Å². The second-order valence-electron chi connectivity index (χ2n) is 9.14. The normalized spacial score (nSPS) is 11.5.